The van der Waals surface area contributed by atoms with Gasteiger partial charge in [0.2, 0.25) is 6.17 Å². The van der Waals surface area contributed by atoms with Crippen LogP contribution in [0.4, 0.5) is 13.2 Å². The second-order valence-electron chi connectivity index (χ2n) is 14.4. The molecule has 4 aliphatic carbocycles. The summed E-state index contributed by atoms with van der Waals surface area (Å²) in [6.07, 6.45) is 0.254. The predicted octanol–water partition coefficient (Wildman–Crippen LogP) is 4.87. The fraction of sp³-hybridized carbons (Fsp3) is 0.903. The molecule has 45 heavy (non-hydrogen) atoms. The summed E-state index contributed by atoms with van der Waals surface area (Å²) in [7, 11) is -6.03. The number of ether oxygens (including phenoxy) is 3. The fourth-order valence-electron chi connectivity index (χ4n) is 9.83. The van der Waals surface area contributed by atoms with E-state index in [1.807, 2.05) is 6.92 Å². The fourth-order valence-corrected chi connectivity index (χ4v) is 10.2. The van der Waals surface area contributed by atoms with Crippen molar-refractivity contribution in [1.82, 2.24) is 0 Å². The van der Waals surface area contributed by atoms with Crippen LogP contribution in [0.15, 0.2) is 0 Å². The number of carbonyl (C=O) groups is 3. The Hall–Kier alpha value is -1.93. The van der Waals surface area contributed by atoms with E-state index in [0.717, 1.165) is 19.3 Å². The number of aliphatic hydroxyl groups is 1. The molecule has 14 heteroatoms. The van der Waals surface area contributed by atoms with E-state index < -0.39 is 57.7 Å². The van der Waals surface area contributed by atoms with Gasteiger partial charge >= 0.3 is 33.3 Å². The number of alkyl halides is 3. The molecule has 0 aromatic rings. The summed E-state index contributed by atoms with van der Waals surface area (Å²) in [5.41, 5.74) is -0.665. The highest BCUT2D eigenvalue weighted by molar-refractivity contribution is 7.86. The monoisotopic (exact) mass is 668 g/mol. The standard InChI is InChI=1S/C31H47F3O10S/c1-16(6-9-27(38)42-15-25(32)31(33,34)45(39,40)41)21-7-8-22-28-23(14-26(30(21,22)5)44-18(3)36)29(4)11-10-20(37)12-19(29)13-24(28)43-17(2)35/h16,19-26,28,37H,6-15H2,1-5H3,(H,39,40,41). The van der Waals surface area contributed by atoms with Crippen LogP contribution >= 0.6 is 0 Å². The minimum atomic E-state index is -6.03. The smallest absolute Gasteiger partial charge is 0.403 e. The number of aliphatic hydroxyl groups excluding tert-OH is 1. The molecule has 12 unspecified atom stereocenters. The Kier molecular flexibility index (Phi) is 10.3. The molecule has 0 aromatic heterocycles. The summed E-state index contributed by atoms with van der Waals surface area (Å²) in [5, 5.41) is 5.39. The van der Waals surface area contributed by atoms with Crippen LogP contribution in [0, 0.1) is 46.3 Å². The molecule has 0 aliphatic heterocycles. The van der Waals surface area contributed by atoms with E-state index in [9.17, 15) is 41.1 Å². The van der Waals surface area contributed by atoms with Gasteiger partial charge in [0.1, 0.15) is 18.8 Å². The van der Waals surface area contributed by atoms with Crippen molar-refractivity contribution in [1.29, 1.82) is 0 Å². The Labute approximate surface area is 262 Å². The van der Waals surface area contributed by atoms with Gasteiger partial charge in [0.05, 0.1) is 6.10 Å². The zero-order chi connectivity index (χ0) is 33.7. The lowest BCUT2D eigenvalue weighted by molar-refractivity contribution is -0.223. The predicted molar refractivity (Wildman–Crippen MR) is 154 cm³/mol. The number of esters is 3. The maximum Gasteiger partial charge on any atom is 0.403 e. The van der Waals surface area contributed by atoms with Gasteiger partial charge in [-0.05, 0) is 86.4 Å². The van der Waals surface area contributed by atoms with Crippen LogP contribution in [-0.4, -0.2) is 72.3 Å². The molecular weight excluding hydrogens is 621 g/mol. The molecule has 0 saturated heterocycles. The molecule has 4 saturated carbocycles. The molecule has 12 atom stereocenters. The van der Waals surface area contributed by atoms with Crippen molar-refractivity contribution >= 4 is 28.0 Å². The molecule has 0 radical (unpaired) electrons. The van der Waals surface area contributed by atoms with E-state index in [4.69, 9.17) is 14.0 Å². The zero-order valence-electron chi connectivity index (χ0n) is 26.5. The van der Waals surface area contributed by atoms with Gasteiger partial charge in [0, 0.05) is 31.6 Å². The third-order valence-electron chi connectivity index (χ3n) is 12.0. The number of rotatable bonds is 10. The van der Waals surface area contributed by atoms with Crippen LogP contribution < -0.4 is 0 Å². The normalized spacial score (nSPS) is 39.4. The molecule has 4 aliphatic rings. The first-order valence-electron chi connectivity index (χ1n) is 15.9. The summed E-state index contributed by atoms with van der Waals surface area (Å²) in [6, 6.07) is 0. The molecule has 2 N–H and O–H groups in total. The molecule has 4 rings (SSSR count). The third kappa shape index (κ3) is 6.75. The number of hydrogen-bond acceptors (Lipinski definition) is 9. The number of fused-ring (bicyclic) bond motifs is 5. The van der Waals surface area contributed by atoms with Crippen molar-refractivity contribution in [2.75, 3.05) is 6.61 Å². The lowest BCUT2D eigenvalue weighted by atomic mass is 9.43. The van der Waals surface area contributed by atoms with E-state index in [2.05, 4.69) is 18.6 Å². The van der Waals surface area contributed by atoms with Crippen LogP contribution in [0.2, 0.25) is 0 Å². The van der Waals surface area contributed by atoms with E-state index in [-0.39, 0.29) is 65.8 Å². The van der Waals surface area contributed by atoms with Crippen LogP contribution in [0.3, 0.4) is 0 Å². The molecule has 4 fully saturated rings. The van der Waals surface area contributed by atoms with E-state index in [1.165, 1.54) is 13.8 Å². The van der Waals surface area contributed by atoms with Gasteiger partial charge < -0.3 is 19.3 Å². The summed E-state index contributed by atoms with van der Waals surface area (Å²) >= 11 is 0. The van der Waals surface area contributed by atoms with Gasteiger partial charge in [0.25, 0.3) is 0 Å². The van der Waals surface area contributed by atoms with Crippen LogP contribution in [0.5, 0.6) is 0 Å². The first-order valence-corrected chi connectivity index (χ1v) is 17.3. The van der Waals surface area contributed by atoms with Crippen LogP contribution in [0.1, 0.15) is 92.4 Å². The summed E-state index contributed by atoms with van der Waals surface area (Å²) < 4.78 is 87.5. The van der Waals surface area contributed by atoms with Crippen LogP contribution in [0.25, 0.3) is 0 Å². The lowest BCUT2D eigenvalue weighted by Crippen LogP contribution is -2.63. The average molecular weight is 669 g/mol. The Morgan fingerprint density at radius 1 is 1.00 bits per heavy atom. The van der Waals surface area contributed by atoms with Crippen molar-refractivity contribution in [2.24, 2.45) is 46.3 Å². The van der Waals surface area contributed by atoms with Gasteiger partial charge in [-0.1, -0.05) is 20.8 Å². The van der Waals surface area contributed by atoms with E-state index >= 15 is 0 Å². The van der Waals surface area contributed by atoms with Gasteiger partial charge in [-0.15, -0.1) is 0 Å². The highest BCUT2D eigenvalue weighted by Crippen LogP contribution is 2.69. The average Bonchev–Trinajstić information content (AvgIpc) is 3.28. The SMILES string of the molecule is CC(=O)OC1CC2CC(O)CCC2(C)C2CC(OC(C)=O)C3(C)C(C(C)CCC(=O)OCC(F)C(F)(F)S(=O)(=O)O)CCC3C12. The maximum absolute atomic E-state index is 13.8. The highest BCUT2D eigenvalue weighted by Gasteiger charge is 2.67. The minimum absolute atomic E-state index is 0.00956. The molecule has 0 spiro atoms. The topological polar surface area (TPSA) is 154 Å². The first kappa shape index (κ1) is 35.9. The summed E-state index contributed by atoms with van der Waals surface area (Å²) in [6.45, 7) is 7.54. The minimum Gasteiger partial charge on any atom is -0.462 e. The Morgan fingerprint density at radius 3 is 2.24 bits per heavy atom. The summed E-state index contributed by atoms with van der Waals surface area (Å²) in [4.78, 5) is 37.1. The number of hydrogen-bond donors (Lipinski definition) is 2. The van der Waals surface area contributed by atoms with E-state index in [0.29, 0.717) is 25.7 Å². The van der Waals surface area contributed by atoms with Gasteiger partial charge in [0.15, 0.2) is 0 Å². The van der Waals surface area contributed by atoms with Crippen molar-refractivity contribution < 1.29 is 59.8 Å². The Bertz CT molecular complexity index is 1250. The highest BCUT2D eigenvalue weighted by atomic mass is 32.2. The quantitative estimate of drug-likeness (QED) is 0.187. The lowest BCUT2D eigenvalue weighted by Gasteiger charge is -2.64. The largest absolute Gasteiger partial charge is 0.462 e. The molecule has 0 bridgehead atoms. The van der Waals surface area contributed by atoms with Crippen molar-refractivity contribution in [3.05, 3.63) is 0 Å². The Morgan fingerprint density at radius 2 is 1.64 bits per heavy atom. The van der Waals surface area contributed by atoms with Gasteiger partial charge in [-0.3, -0.25) is 18.9 Å². The van der Waals surface area contributed by atoms with Crippen LogP contribution in [-0.2, 0) is 38.7 Å². The second-order valence-corrected chi connectivity index (χ2v) is 15.9. The van der Waals surface area contributed by atoms with E-state index in [1.54, 1.807) is 0 Å². The molecule has 0 amide bonds. The maximum atomic E-state index is 13.8. The summed E-state index contributed by atoms with van der Waals surface area (Å²) in [5.74, 6) is -1.64. The molecule has 0 heterocycles. The van der Waals surface area contributed by atoms with Gasteiger partial charge in [-0.2, -0.15) is 17.2 Å². The first-order chi connectivity index (χ1) is 20.7. The van der Waals surface area contributed by atoms with Crippen molar-refractivity contribution in [2.45, 2.75) is 122 Å². The molecular formula is C31H47F3O10S. The molecule has 0 aromatic carbocycles. The van der Waals surface area contributed by atoms with Crippen molar-refractivity contribution in [3.63, 3.8) is 0 Å². The molecule has 10 nitrogen and oxygen atoms in total. The van der Waals surface area contributed by atoms with Gasteiger partial charge in [-0.25, -0.2) is 4.39 Å². The Balaban J connectivity index is 1.54. The number of halogens is 3. The molecule has 258 valence electrons. The zero-order valence-corrected chi connectivity index (χ0v) is 27.4. The van der Waals surface area contributed by atoms with Crippen molar-refractivity contribution in [3.8, 4) is 0 Å². The number of carbonyl (C=O) groups excluding carboxylic acids is 3. The third-order valence-corrected chi connectivity index (χ3v) is 12.9. The second kappa shape index (κ2) is 12.9.